The Bertz CT molecular complexity index is 690. The highest BCUT2D eigenvalue weighted by molar-refractivity contribution is 5.92. The minimum Gasteiger partial charge on any atom is -0.372 e. The van der Waals surface area contributed by atoms with Gasteiger partial charge in [-0.3, -0.25) is 4.79 Å². The first-order valence-electron chi connectivity index (χ1n) is 9.87. The summed E-state index contributed by atoms with van der Waals surface area (Å²) in [7, 11) is 0. The highest BCUT2D eigenvalue weighted by atomic mass is 16.2. The predicted octanol–water partition coefficient (Wildman–Crippen LogP) is 4.33. The fourth-order valence-corrected chi connectivity index (χ4v) is 3.02. The smallest absolute Gasteiger partial charge is 0.274 e. The van der Waals surface area contributed by atoms with Crippen LogP contribution in [0.5, 0.6) is 0 Å². The maximum absolute atomic E-state index is 12.6. The Labute approximate surface area is 162 Å². The van der Waals surface area contributed by atoms with Gasteiger partial charge in [-0.05, 0) is 63.1 Å². The molecule has 0 saturated heterocycles. The zero-order valence-corrected chi connectivity index (χ0v) is 16.9. The summed E-state index contributed by atoms with van der Waals surface area (Å²) in [4.78, 5) is 16.7. The standard InChI is InChI=1S/C21H31N5O/c1-5-15-26(16-6-2)21(27)19-13-14-20(24-23-19)22-17-9-11-18(12-10-17)25(7-3)8-4/h9-14H,5-8,15-16H2,1-4H3,(H,22,24). The van der Waals surface area contributed by atoms with Crippen molar-refractivity contribution >= 4 is 23.1 Å². The van der Waals surface area contributed by atoms with Gasteiger partial charge in [-0.15, -0.1) is 10.2 Å². The predicted molar refractivity (Wildman–Crippen MR) is 112 cm³/mol. The summed E-state index contributed by atoms with van der Waals surface area (Å²) in [6, 6.07) is 11.8. The van der Waals surface area contributed by atoms with Crippen molar-refractivity contribution in [1.29, 1.82) is 0 Å². The summed E-state index contributed by atoms with van der Waals surface area (Å²) in [5.74, 6) is 0.570. The molecule has 6 heteroatoms. The van der Waals surface area contributed by atoms with E-state index in [-0.39, 0.29) is 5.91 Å². The van der Waals surface area contributed by atoms with E-state index in [2.05, 4.69) is 60.2 Å². The van der Waals surface area contributed by atoms with Crippen LogP contribution in [0.1, 0.15) is 51.0 Å². The van der Waals surface area contributed by atoms with E-state index < -0.39 is 0 Å². The van der Waals surface area contributed by atoms with Crippen LogP contribution in [0.25, 0.3) is 0 Å². The molecule has 0 unspecified atom stereocenters. The first kappa shape index (κ1) is 20.7. The molecule has 0 saturated carbocycles. The highest BCUT2D eigenvalue weighted by Crippen LogP contribution is 2.20. The SMILES string of the molecule is CCCN(CCC)C(=O)c1ccc(Nc2ccc(N(CC)CC)cc2)nn1. The molecule has 0 bridgehead atoms. The van der Waals surface area contributed by atoms with E-state index in [1.807, 2.05) is 17.0 Å². The molecule has 1 amide bonds. The number of carbonyl (C=O) groups is 1. The molecule has 0 fully saturated rings. The number of nitrogens with zero attached hydrogens (tertiary/aromatic N) is 4. The van der Waals surface area contributed by atoms with Crippen molar-refractivity contribution in [2.75, 3.05) is 36.4 Å². The van der Waals surface area contributed by atoms with Gasteiger partial charge in [-0.2, -0.15) is 0 Å². The Morgan fingerprint density at radius 3 is 2.00 bits per heavy atom. The van der Waals surface area contributed by atoms with Crippen LogP contribution in [-0.2, 0) is 0 Å². The van der Waals surface area contributed by atoms with Gasteiger partial charge in [0, 0.05) is 37.6 Å². The monoisotopic (exact) mass is 369 g/mol. The van der Waals surface area contributed by atoms with Gasteiger partial charge < -0.3 is 15.1 Å². The Morgan fingerprint density at radius 2 is 1.52 bits per heavy atom. The summed E-state index contributed by atoms with van der Waals surface area (Å²) in [5.41, 5.74) is 2.53. The Morgan fingerprint density at radius 1 is 0.889 bits per heavy atom. The number of anilines is 3. The fourth-order valence-electron chi connectivity index (χ4n) is 3.02. The lowest BCUT2D eigenvalue weighted by Gasteiger charge is -2.21. The van der Waals surface area contributed by atoms with Crippen molar-refractivity contribution in [2.45, 2.75) is 40.5 Å². The molecule has 2 rings (SSSR count). The molecule has 0 aliphatic rings. The van der Waals surface area contributed by atoms with E-state index in [1.165, 1.54) is 5.69 Å². The van der Waals surface area contributed by atoms with Crippen molar-refractivity contribution < 1.29 is 4.79 Å². The lowest BCUT2D eigenvalue weighted by atomic mass is 10.2. The average Bonchev–Trinajstić information content (AvgIpc) is 2.70. The van der Waals surface area contributed by atoms with Crippen LogP contribution in [0, 0.1) is 0 Å². The fraction of sp³-hybridized carbons (Fsp3) is 0.476. The lowest BCUT2D eigenvalue weighted by Crippen LogP contribution is -2.33. The third-order valence-electron chi connectivity index (χ3n) is 4.43. The summed E-state index contributed by atoms with van der Waals surface area (Å²) in [5, 5.41) is 11.5. The quantitative estimate of drug-likeness (QED) is 0.675. The molecule has 0 atom stereocenters. The van der Waals surface area contributed by atoms with E-state index in [0.29, 0.717) is 11.5 Å². The maximum Gasteiger partial charge on any atom is 0.274 e. The van der Waals surface area contributed by atoms with Crippen molar-refractivity contribution in [1.82, 2.24) is 15.1 Å². The normalized spacial score (nSPS) is 10.5. The molecule has 2 aromatic rings. The molecule has 1 N–H and O–H groups in total. The van der Waals surface area contributed by atoms with Gasteiger partial charge in [0.05, 0.1) is 0 Å². The molecule has 1 heterocycles. The van der Waals surface area contributed by atoms with E-state index in [9.17, 15) is 4.79 Å². The van der Waals surface area contributed by atoms with Gasteiger partial charge in [0.1, 0.15) is 0 Å². The summed E-state index contributed by atoms with van der Waals surface area (Å²) in [6.45, 7) is 11.9. The van der Waals surface area contributed by atoms with Crippen LogP contribution in [0.3, 0.4) is 0 Å². The van der Waals surface area contributed by atoms with Crippen molar-refractivity contribution in [3.63, 3.8) is 0 Å². The van der Waals surface area contributed by atoms with Crippen molar-refractivity contribution in [3.05, 3.63) is 42.1 Å². The molecule has 6 nitrogen and oxygen atoms in total. The first-order valence-corrected chi connectivity index (χ1v) is 9.87. The number of hydrogen-bond donors (Lipinski definition) is 1. The van der Waals surface area contributed by atoms with Gasteiger partial charge >= 0.3 is 0 Å². The topological polar surface area (TPSA) is 61.4 Å². The third kappa shape index (κ3) is 5.67. The molecule has 0 spiro atoms. The second-order valence-electron chi connectivity index (χ2n) is 6.44. The average molecular weight is 370 g/mol. The van der Waals surface area contributed by atoms with Crippen LogP contribution in [-0.4, -0.2) is 47.2 Å². The summed E-state index contributed by atoms with van der Waals surface area (Å²) >= 11 is 0. The Balaban J connectivity index is 2.03. The minimum atomic E-state index is -0.0543. The highest BCUT2D eigenvalue weighted by Gasteiger charge is 2.16. The first-order chi connectivity index (χ1) is 13.1. The van der Waals surface area contributed by atoms with E-state index in [4.69, 9.17) is 0 Å². The van der Waals surface area contributed by atoms with E-state index in [0.717, 1.165) is 44.7 Å². The molecular formula is C21H31N5O. The van der Waals surface area contributed by atoms with Gasteiger partial charge in [0.2, 0.25) is 0 Å². The van der Waals surface area contributed by atoms with Gasteiger partial charge in [-0.25, -0.2) is 0 Å². The molecule has 1 aromatic heterocycles. The largest absolute Gasteiger partial charge is 0.372 e. The second kappa shape index (κ2) is 10.5. The number of amides is 1. The van der Waals surface area contributed by atoms with Crippen LogP contribution in [0.15, 0.2) is 36.4 Å². The molecule has 1 aromatic carbocycles. The number of rotatable bonds is 10. The van der Waals surface area contributed by atoms with Crippen molar-refractivity contribution in [2.24, 2.45) is 0 Å². The molecule has 0 aliphatic carbocycles. The number of carbonyl (C=O) groups excluding carboxylic acids is 1. The van der Waals surface area contributed by atoms with Crippen molar-refractivity contribution in [3.8, 4) is 0 Å². The van der Waals surface area contributed by atoms with Gasteiger partial charge in [-0.1, -0.05) is 13.8 Å². The second-order valence-corrected chi connectivity index (χ2v) is 6.44. The van der Waals surface area contributed by atoms with Crippen LogP contribution in [0.2, 0.25) is 0 Å². The summed E-state index contributed by atoms with van der Waals surface area (Å²) < 4.78 is 0. The van der Waals surface area contributed by atoms with Crippen LogP contribution >= 0.6 is 0 Å². The van der Waals surface area contributed by atoms with E-state index >= 15 is 0 Å². The zero-order valence-electron chi connectivity index (χ0n) is 16.9. The van der Waals surface area contributed by atoms with Crippen LogP contribution in [0.4, 0.5) is 17.2 Å². The van der Waals surface area contributed by atoms with Crippen LogP contribution < -0.4 is 10.2 Å². The number of aromatic nitrogens is 2. The number of benzene rings is 1. The zero-order chi connectivity index (χ0) is 19.6. The molecule has 0 aliphatic heterocycles. The third-order valence-corrected chi connectivity index (χ3v) is 4.43. The van der Waals surface area contributed by atoms with Gasteiger partial charge in [0.25, 0.3) is 5.91 Å². The van der Waals surface area contributed by atoms with Gasteiger partial charge in [0.15, 0.2) is 11.5 Å². The maximum atomic E-state index is 12.6. The number of hydrogen-bond acceptors (Lipinski definition) is 5. The van der Waals surface area contributed by atoms with E-state index in [1.54, 1.807) is 12.1 Å². The molecule has 146 valence electrons. The number of nitrogens with one attached hydrogen (secondary N) is 1. The molecule has 0 radical (unpaired) electrons. The summed E-state index contributed by atoms with van der Waals surface area (Å²) in [6.07, 6.45) is 1.87. The molecule has 27 heavy (non-hydrogen) atoms. The Kier molecular flexibility index (Phi) is 8.04. The Hall–Kier alpha value is -2.63. The lowest BCUT2D eigenvalue weighted by molar-refractivity contribution is 0.0748. The minimum absolute atomic E-state index is 0.0543. The molecular weight excluding hydrogens is 338 g/mol.